The molecule has 4 rings (SSSR count). The van der Waals surface area contributed by atoms with Gasteiger partial charge in [-0.25, -0.2) is 9.97 Å². The van der Waals surface area contributed by atoms with Crippen LogP contribution in [0.3, 0.4) is 0 Å². The summed E-state index contributed by atoms with van der Waals surface area (Å²) < 4.78 is 0. The lowest BCUT2D eigenvalue weighted by atomic mass is 10.3. The van der Waals surface area contributed by atoms with Crippen LogP contribution in [0.5, 0.6) is 0 Å². The van der Waals surface area contributed by atoms with Crippen LogP contribution in [0.1, 0.15) is 16.2 Å². The average Bonchev–Trinajstić information content (AvgIpc) is 3.28. The third-order valence-corrected chi connectivity index (χ3v) is 4.13. The number of amides is 1. The van der Waals surface area contributed by atoms with Crippen molar-refractivity contribution in [3.63, 3.8) is 0 Å². The van der Waals surface area contributed by atoms with Crippen molar-refractivity contribution in [2.45, 2.75) is 6.54 Å². The van der Waals surface area contributed by atoms with Crippen LogP contribution in [-0.4, -0.2) is 30.8 Å². The van der Waals surface area contributed by atoms with E-state index in [-0.39, 0.29) is 11.6 Å². The molecule has 0 fully saturated rings. The number of hydrogen-bond acceptors (Lipinski definition) is 7. The molecule has 0 aliphatic carbocycles. The van der Waals surface area contributed by atoms with Gasteiger partial charge in [0.15, 0.2) is 0 Å². The largest absolute Gasteiger partial charge is 0.382 e. The molecule has 0 spiro atoms. The molecule has 9 heteroatoms. The van der Waals surface area contributed by atoms with Gasteiger partial charge in [0.2, 0.25) is 0 Å². The normalized spacial score (nSPS) is 10.5. The lowest BCUT2D eigenvalue weighted by Gasteiger charge is -2.09. The zero-order valence-electron chi connectivity index (χ0n) is 15.3. The minimum atomic E-state index is -0.350. The van der Waals surface area contributed by atoms with E-state index < -0.39 is 0 Å². The molecule has 0 saturated heterocycles. The van der Waals surface area contributed by atoms with Crippen molar-refractivity contribution in [1.29, 1.82) is 0 Å². The van der Waals surface area contributed by atoms with Crippen LogP contribution in [0.4, 0.5) is 17.2 Å². The monoisotopic (exact) mass is 386 g/mol. The Hall–Kier alpha value is -4.27. The smallest absolute Gasteiger partial charge is 0.275 e. The van der Waals surface area contributed by atoms with Crippen molar-refractivity contribution in [3.8, 4) is 11.4 Å². The molecular weight excluding hydrogens is 368 g/mol. The maximum Gasteiger partial charge on any atom is 0.275 e. The summed E-state index contributed by atoms with van der Waals surface area (Å²) in [5, 5.41) is 5.98. The third kappa shape index (κ3) is 4.35. The SMILES string of the molecule is Nc1ncccc1NCc1cc(NC(=O)c2cnc(-c3ccc[nH]3)cn2)ccn1. The molecule has 5 N–H and O–H groups in total. The first kappa shape index (κ1) is 18.1. The first-order valence-corrected chi connectivity index (χ1v) is 8.85. The number of nitrogens with two attached hydrogens (primary N) is 1. The minimum absolute atomic E-state index is 0.222. The van der Waals surface area contributed by atoms with E-state index in [0.717, 1.165) is 17.1 Å². The summed E-state index contributed by atoms with van der Waals surface area (Å²) >= 11 is 0. The van der Waals surface area contributed by atoms with Gasteiger partial charge in [-0.15, -0.1) is 0 Å². The van der Waals surface area contributed by atoms with E-state index in [0.29, 0.717) is 23.7 Å². The Kier molecular flexibility index (Phi) is 5.10. The van der Waals surface area contributed by atoms with Gasteiger partial charge in [-0.2, -0.15) is 0 Å². The van der Waals surface area contributed by atoms with E-state index in [4.69, 9.17) is 5.73 Å². The Morgan fingerprint density at radius 1 is 1.03 bits per heavy atom. The summed E-state index contributed by atoms with van der Waals surface area (Å²) in [4.78, 5) is 32.3. The summed E-state index contributed by atoms with van der Waals surface area (Å²) in [6.45, 7) is 0.435. The minimum Gasteiger partial charge on any atom is -0.382 e. The third-order valence-electron chi connectivity index (χ3n) is 4.13. The van der Waals surface area contributed by atoms with E-state index in [1.807, 2.05) is 18.2 Å². The fourth-order valence-electron chi connectivity index (χ4n) is 2.67. The van der Waals surface area contributed by atoms with Crippen LogP contribution in [0.25, 0.3) is 11.4 Å². The van der Waals surface area contributed by atoms with Gasteiger partial charge in [0.1, 0.15) is 17.2 Å². The second-order valence-electron chi connectivity index (χ2n) is 6.15. The van der Waals surface area contributed by atoms with Crippen LogP contribution in [0.2, 0.25) is 0 Å². The Morgan fingerprint density at radius 3 is 2.72 bits per heavy atom. The van der Waals surface area contributed by atoms with Crippen LogP contribution >= 0.6 is 0 Å². The number of pyridine rings is 2. The summed E-state index contributed by atoms with van der Waals surface area (Å²) in [5.41, 5.74) is 9.61. The summed E-state index contributed by atoms with van der Waals surface area (Å²) in [5.74, 6) is 0.0653. The Balaban J connectivity index is 1.41. The number of aromatic amines is 1. The molecular formula is C20H18N8O. The molecule has 29 heavy (non-hydrogen) atoms. The van der Waals surface area contributed by atoms with Crippen molar-refractivity contribution in [3.05, 3.63) is 78.8 Å². The summed E-state index contributed by atoms with van der Waals surface area (Å²) in [7, 11) is 0. The van der Waals surface area contributed by atoms with E-state index in [1.165, 1.54) is 6.20 Å². The van der Waals surface area contributed by atoms with Gasteiger partial charge in [-0.1, -0.05) is 0 Å². The highest BCUT2D eigenvalue weighted by Gasteiger charge is 2.10. The number of H-pyrrole nitrogens is 1. The van der Waals surface area contributed by atoms with Gasteiger partial charge in [0.25, 0.3) is 5.91 Å². The molecule has 0 saturated carbocycles. The molecule has 0 bridgehead atoms. The lowest BCUT2D eigenvalue weighted by Crippen LogP contribution is -2.14. The first-order valence-electron chi connectivity index (χ1n) is 8.85. The fraction of sp³-hybridized carbons (Fsp3) is 0.0500. The number of aromatic nitrogens is 5. The van der Waals surface area contributed by atoms with Gasteiger partial charge < -0.3 is 21.4 Å². The molecule has 0 aliphatic rings. The van der Waals surface area contributed by atoms with E-state index >= 15 is 0 Å². The quantitative estimate of drug-likeness (QED) is 0.400. The molecule has 0 atom stereocenters. The number of carbonyl (C=O) groups excluding carboxylic acids is 1. The highest BCUT2D eigenvalue weighted by Crippen LogP contribution is 2.16. The molecule has 1 amide bonds. The van der Waals surface area contributed by atoms with E-state index in [1.54, 1.807) is 43.0 Å². The van der Waals surface area contributed by atoms with Crippen molar-refractivity contribution in [1.82, 2.24) is 24.9 Å². The van der Waals surface area contributed by atoms with E-state index in [2.05, 4.69) is 35.6 Å². The van der Waals surface area contributed by atoms with Crippen LogP contribution < -0.4 is 16.4 Å². The molecule has 144 valence electrons. The lowest BCUT2D eigenvalue weighted by molar-refractivity contribution is 0.102. The molecule has 0 aliphatic heterocycles. The van der Waals surface area contributed by atoms with Gasteiger partial charge in [-0.05, 0) is 36.4 Å². The van der Waals surface area contributed by atoms with Crippen LogP contribution in [-0.2, 0) is 6.54 Å². The summed E-state index contributed by atoms with van der Waals surface area (Å²) in [6, 6.07) is 10.9. The van der Waals surface area contributed by atoms with Gasteiger partial charge in [-0.3, -0.25) is 14.8 Å². The first-order chi connectivity index (χ1) is 14.2. The molecule has 0 unspecified atom stereocenters. The van der Waals surface area contributed by atoms with Crippen LogP contribution in [0.15, 0.2) is 67.4 Å². The Bertz CT molecular complexity index is 1110. The topological polar surface area (TPSA) is 134 Å². The van der Waals surface area contributed by atoms with Crippen molar-refractivity contribution in [2.24, 2.45) is 0 Å². The highest BCUT2D eigenvalue weighted by atomic mass is 16.1. The average molecular weight is 386 g/mol. The zero-order valence-corrected chi connectivity index (χ0v) is 15.3. The number of nitrogen functional groups attached to an aromatic ring is 1. The van der Waals surface area contributed by atoms with E-state index in [9.17, 15) is 4.79 Å². The number of hydrogen-bond donors (Lipinski definition) is 4. The maximum atomic E-state index is 12.5. The molecule has 9 nitrogen and oxygen atoms in total. The standard InChI is InChI=1S/C20H18N8O/c21-19-16(4-2-7-24-19)25-10-14-9-13(5-8-22-14)28-20(29)18-12-26-17(11-27-18)15-3-1-6-23-15/h1-9,11-12,23,25H,10H2,(H2,21,24)(H,22,28,29). The zero-order chi connectivity index (χ0) is 20.1. The molecule has 0 radical (unpaired) electrons. The number of rotatable bonds is 6. The number of nitrogens with zero attached hydrogens (tertiary/aromatic N) is 4. The van der Waals surface area contributed by atoms with Crippen LogP contribution in [0, 0.1) is 0 Å². The Labute approximate surface area is 166 Å². The van der Waals surface area contributed by atoms with Gasteiger partial charge in [0, 0.05) is 24.3 Å². The van der Waals surface area contributed by atoms with Crippen molar-refractivity contribution >= 4 is 23.1 Å². The second kappa shape index (κ2) is 8.17. The number of nitrogens with one attached hydrogen (secondary N) is 3. The Morgan fingerprint density at radius 2 is 1.97 bits per heavy atom. The highest BCUT2D eigenvalue weighted by molar-refractivity contribution is 6.02. The molecule has 4 heterocycles. The predicted octanol–water partition coefficient (Wildman–Crippen LogP) is 2.71. The number of carbonyl (C=O) groups is 1. The predicted molar refractivity (Wildman–Crippen MR) is 110 cm³/mol. The molecule has 4 aromatic heterocycles. The van der Waals surface area contributed by atoms with Gasteiger partial charge >= 0.3 is 0 Å². The molecule has 0 aromatic carbocycles. The number of anilines is 3. The summed E-state index contributed by atoms with van der Waals surface area (Å²) in [6.07, 6.45) is 8.05. The fourth-order valence-corrected chi connectivity index (χ4v) is 2.67. The second-order valence-corrected chi connectivity index (χ2v) is 6.15. The maximum absolute atomic E-state index is 12.5. The molecule has 4 aromatic rings. The van der Waals surface area contributed by atoms with Crippen molar-refractivity contribution in [2.75, 3.05) is 16.4 Å². The van der Waals surface area contributed by atoms with Crippen molar-refractivity contribution < 1.29 is 4.79 Å². The van der Waals surface area contributed by atoms with Gasteiger partial charge in [0.05, 0.1) is 36.0 Å².